The molecule has 0 fully saturated rings. The fourth-order valence-electron chi connectivity index (χ4n) is 2.63. The fourth-order valence-corrected chi connectivity index (χ4v) is 2.63. The van der Waals surface area contributed by atoms with Gasteiger partial charge >= 0.3 is 0 Å². The molecule has 0 aliphatic heterocycles. The molecule has 4 nitrogen and oxygen atoms in total. The van der Waals surface area contributed by atoms with Crippen LogP contribution in [0.25, 0.3) is 22.2 Å². The van der Waals surface area contributed by atoms with Crippen LogP contribution in [0.5, 0.6) is 0 Å². The highest BCUT2D eigenvalue weighted by Crippen LogP contribution is 2.30. The average Bonchev–Trinajstić information content (AvgIpc) is 2.89. The minimum Gasteiger partial charge on any atom is -0.358 e. The first-order valence-electron chi connectivity index (χ1n) is 6.84. The van der Waals surface area contributed by atoms with Gasteiger partial charge in [-0.2, -0.15) is 0 Å². The molecule has 3 rings (SSSR count). The molecule has 0 saturated heterocycles. The Bertz CT molecular complexity index is 743. The number of fused-ring (bicyclic) bond motifs is 1. The number of nitrogens with one attached hydrogen (secondary N) is 2. The largest absolute Gasteiger partial charge is 0.358 e. The first-order chi connectivity index (χ1) is 9.44. The summed E-state index contributed by atoms with van der Waals surface area (Å²) < 4.78 is 0. The third-order valence-electron chi connectivity index (χ3n) is 3.41. The van der Waals surface area contributed by atoms with Gasteiger partial charge in [-0.15, -0.1) is 0 Å². The van der Waals surface area contributed by atoms with Crippen LogP contribution in [0.3, 0.4) is 0 Å². The Morgan fingerprint density at radius 2 is 1.95 bits per heavy atom. The normalized spacial score (nSPS) is 12.2. The Balaban J connectivity index is 2.05. The summed E-state index contributed by atoms with van der Waals surface area (Å²) in [6.45, 7) is 6.10. The number of aryl methyl sites for hydroxylation is 1. The third kappa shape index (κ3) is 2.34. The van der Waals surface area contributed by atoms with Gasteiger partial charge in [0.1, 0.15) is 5.82 Å². The highest BCUT2D eigenvalue weighted by molar-refractivity contribution is 5.96. The molecule has 0 aliphatic carbocycles. The lowest BCUT2D eigenvalue weighted by atomic mass is 10.0. The van der Waals surface area contributed by atoms with Gasteiger partial charge < -0.3 is 15.7 Å². The van der Waals surface area contributed by atoms with E-state index in [4.69, 9.17) is 5.73 Å². The number of benzene rings is 1. The number of aromatic nitrogens is 3. The molecule has 0 radical (unpaired) electrons. The molecule has 2 aromatic heterocycles. The van der Waals surface area contributed by atoms with Crippen LogP contribution in [-0.2, 0) is 6.42 Å². The Labute approximate surface area is 118 Å². The Morgan fingerprint density at radius 3 is 2.70 bits per heavy atom. The first-order valence-corrected chi connectivity index (χ1v) is 6.84. The lowest BCUT2D eigenvalue weighted by Crippen LogP contribution is -2.34. The predicted octanol–water partition coefficient (Wildman–Crippen LogP) is 3.15. The van der Waals surface area contributed by atoms with Gasteiger partial charge in [0.15, 0.2) is 0 Å². The van der Waals surface area contributed by atoms with Gasteiger partial charge in [-0.25, -0.2) is 4.98 Å². The summed E-state index contributed by atoms with van der Waals surface area (Å²) >= 11 is 0. The van der Waals surface area contributed by atoms with Gasteiger partial charge in [-0.1, -0.05) is 18.2 Å². The molecule has 3 aromatic rings. The Kier molecular flexibility index (Phi) is 2.91. The monoisotopic (exact) mass is 268 g/mol. The van der Waals surface area contributed by atoms with Crippen LogP contribution in [0.4, 0.5) is 0 Å². The molecule has 4 N–H and O–H groups in total. The number of aromatic amines is 2. The molecule has 0 bridgehead atoms. The van der Waals surface area contributed by atoms with Crippen molar-refractivity contribution >= 4 is 10.9 Å². The molecule has 0 spiro atoms. The molecule has 0 unspecified atom stereocenters. The predicted molar refractivity (Wildman–Crippen MR) is 82.6 cm³/mol. The minimum atomic E-state index is -0.260. The molecule has 1 aromatic carbocycles. The van der Waals surface area contributed by atoms with Crippen molar-refractivity contribution in [1.29, 1.82) is 0 Å². The van der Waals surface area contributed by atoms with E-state index in [9.17, 15) is 0 Å². The number of H-pyrrole nitrogens is 2. The molecule has 0 aliphatic rings. The second kappa shape index (κ2) is 4.49. The number of hydrogen-bond donors (Lipinski definition) is 3. The fraction of sp³-hybridized carbons (Fsp3) is 0.312. The zero-order valence-electron chi connectivity index (χ0n) is 12.1. The zero-order valence-corrected chi connectivity index (χ0v) is 12.1. The Hall–Kier alpha value is -2.07. The molecule has 0 saturated carbocycles. The van der Waals surface area contributed by atoms with Crippen molar-refractivity contribution < 1.29 is 0 Å². The van der Waals surface area contributed by atoms with E-state index in [1.807, 2.05) is 26.1 Å². The maximum Gasteiger partial charge on any atom is 0.108 e. The number of imidazole rings is 1. The highest BCUT2D eigenvalue weighted by Gasteiger charge is 2.16. The molecule has 2 heterocycles. The van der Waals surface area contributed by atoms with E-state index in [1.165, 1.54) is 10.9 Å². The molecule has 4 heteroatoms. The third-order valence-corrected chi connectivity index (χ3v) is 3.41. The van der Waals surface area contributed by atoms with E-state index in [0.717, 1.165) is 29.1 Å². The number of hydrogen-bond acceptors (Lipinski definition) is 2. The van der Waals surface area contributed by atoms with Gasteiger partial charge in [0, 0.05) is 34.1 Å². The standard InChI is InChI=1S/C16H20N4/c1-10-15(11-6-4-5-7-12(11)19-10)13-9-18-14(20-13)8-16(2,3)17/h4-7,9,19H,8,17H2,1-3H3,(H,18,20). The maximum atomic E-state index is 6.05. The van der Waals surface area contributed by atoms with Crippen LogP contribution in [-0.4, -0.2) is 20.5 Å². The van der Waals surface area contributed by atoms with E-state index in [2.05, 4.69) is 40.1 Å². The molecular weight excluding hydrogens is 248 g/mol. The van der Waals surface area contributed by atoms with Crippen molar-refractivity contribution in [2.24, 2.45) is 5.73 Å². The molecule has 0 amide bonds. The quantitative estimate of drug-likeness (QED) is 0.683. The van der Waals surface area contributed by atoms with Gasteiger partial charge in [0.25, 0.3) is 0 Å². The number of nitrogens with two attached hydrogens (primary N) is 1. The average molecular weight is 268 g/mol. The topological polar surface area (TPSA) is 70.5 Å². The van der Waals surface area contributed by atoms with Crippen LogP contribution >= 0.6 is 0 Å². The number of nitrogens with zero attached hydrogens (tertiary/aromatic N) is 1. The minimum absolute atomic E-state index is 0.260. The van der Waals surface area contributed by atoms with Crippen LogP contribution in [0.1, 0.15) is 25.4 Å². The highest BCUT2D eigenvalue weighted by atomic mass is 14.9. The summed E-state index contributed by atoms with van der Waals surface area (Å²) in [7, 11) is 0. The van der Waals surface area contributed by atoms with Crippen molar-refractivity contribution in [1.82, 2.24) is 15.0 Å². The van der Waals surface area contributed by atoms with Gasteiger partial charge in [-0.05, 0) is 26.8 Å². The lowest BCUT2D eigenvalue weighted by Gasteiger charge is -2.15. The summed E-state index contributed by atoms with van der Waals surface area (Å²) in [5.41, 5.74) is 10.3. The van der Waals surface area contributed by atoms with Gasteiger partial charge in [-0.3, -0.25) is 0 Å². The van der Waals surface area contributed by atoms with Crippen LogP contribution in [0.15, 0.2) is 30.5 Å². The smallest absolute Gasteiger partial charge is 0.108 e. The molecule has 104 valence electrons. The summed E-state index contributed by atoms with van der Waals surface area (Å²) in [5.74, 6) is 0.928. The van der Waals surface area contributed by atoms with Crippen molar-refractivity contribution in [3.63, 3.8) is 0 Å². The van der Waals surface area contributed by atoms with E-state index in [1.54, 1.807) is 0 Å². The second-order valence-electron chi connectivity index (χ2n) is 6.08. The van der Waals surface area contributed by atoms with Crippen LogP contribution in [0.2, 0.25) is 0 Å². The molecular formula is C16H20N4. The summed E-state index contributed by atoms with van der Waals surface area (Å²) in [6.07, 6.45) is 2.62. The van der Waals surface area contributed by atoms with Crippen molar-refractivity contribution in [2.75, 3.05) is 0 Å². The lowest BCUT2D eigenvalue weighted by molar-refractivity contribution is 0.505. The van der Waals surface area contributed by atoms with Crippen LogP contribution < -0.4 is 5.73 Å². The molecule has 0 atom stereocenters. The zero-order chi connectivity index (χ0) is 14.3. The van der Waals surface area contributed by atoms with E-state index >= 15 is 0 Å². The van der Waals surface area contributed by atoms with Crippen molar-refractivity contribution in [2.45, 2.75) is 32.7 Å². The van der Waals surface area contributed by atoms with E-state index in [0.29, 0.717) is 0 Å². The second-order valence-corrected chi connectivity index (χ2v) is 6.08. The summed E-state index contributed by atoms with van der Waals surface area (Å²) in [6, 6.07) is 8.31. The Morgan fingerprint density at radius 1 is 1.20 bits per heavy atom. The summed E-state index contributed by atoms with van der Waals surface area (Å²) in [4.78, 5) is 11.3. The summed E-state index contributed by atoms with van der Waals surface area (Å²) in [5, 5.41) is 1.22. The first kappa shape index (κ1) is 12.9. The van der Waals surface area contributed by atoms with Gasteiger partial charge in [0.05, 0.1) is 11.9 Å². The van der Waals surface area contributed by atoms with Crippen LogP contribution in [0, 0.1) is 6.92 Å². The van der Waals surface area contributed by atoms with Crippen molar-refractivity contribution in [3.05, 3.63) is 42.0 Å². The molecule has 20 heavy (non-hydrogen) atoms. The van der Waals surface area contributed by atoms with E-state index < -0.39 is 0 Å². The van der Waals surface area contributed by atoms with Gasteiger partial charge in [0.2, 0.25) is 0 Å². The van der Waals surface area contributed by atoms with Crippen molar-refractivity contribution in [3.8, 4) is 11.3 Å². The van der Waals surface area contributed by atoms with E-state index in [-0.39, 0.29) is 5.54 Å². The maximum absolute atomic E-state index is 6.05. The SMILES string of the molecule is Cc1[nH]c2ccccc2c1-c1cnc(CC(C)(C)N)[nH]1. The number of para-hydroxylation sites is 1. The number of rotatable bonds is 3.